The fourth-order valence-corrected chi connectivity index (χ4v) is 4.14. The van der Waals surface area contributed by atoms with Crippen molar-refractivity contribution in [3.63, 3.8) is 0 Å². The van der Waals surface area contributed by atoms with Gasteiger partial charge in [-0.1, -0.05) is 26.2 Å². The molecule has 0 bridgehead atoms. The number of amides is 2. The van der Waals surface area contributed by atoms with Gasteiger partial charge in [0.25, 0.3) is 0 Å². The van der Waals surface area contributed by atoms with Crippen LogP contribution >= 0.6 is 0 Å². The maximum Gasteiger partial charge on any atom is 0.405 e. The van der Waals surface area contributed by atoms with Gasteiger partial charge in [-0.25, -0.2) is 0 Å². The lowest BCUT2D eigenvalue weighted by atomic mass is 9.79. The predicted molar refractivity (Wildman–Crippen MR) is 93.3 cm³/mol. The number of piperidine rings is 1. The summed E-state index contributed by atoms with van der Waals surface area (Å²) in [5.41, 5.74) is 0. The summed E-state index contributed by atoms with van der Waals surface area (Å²) >= 11 is 0. The highest BCUT2D eigenvalue weighted by molar-refractivity contribution is 5.81. The molecule has 0 unspecified atom stereocenters. The number of likely N-dealkylation sites (tertiary alicyclic amines) is 1. The first-order chi connectivity index (χ1) is 12.3. The average Bonchev–Trinajstić information content (AvgIpc) is 2.64. The lowest BCUT2D eigenvalue weighted by Gasteiger charge is -2.36. The molecule has 1 aliphatic carbocycles. The first-order valence-corrected chi connectivity index (χ1v) is 9.93. The van der Waals surface area contributed by atoms with Crippen LogP contribution in [0.25, 0.3) is 0 Å². The summed E-state index contributed by atoms with van der Waals surface area (Å²) in [6.07, 6.45) is 4.36. The topological polar surface area (TPSA) is 49.4 Å². The van der Waals surface area contributed by atoms with Crippen molar-refractivity contribution in [2.45, 2.75) is 70.9 Å². The zero-order valence-electron chi connectivity index (χ0n) is 15.6. The van der Waals surface area contributed by atoms with Crippen LogP contribution in [-0.2, 0) is 9.59 Å². The van der Waals surface area contributed by atoms with E-state index in [1.165, 1.54) is 19.3 Å². The maximum atomic E-state index is 12.7. The molecule has 1 saturated carbocycles. The molecule has 1 heterocycles. The Hall–Kier alpha value is -1.27. The van der Waals surface area contributed by atoms with E-state index in [1.54, 1.807) is 0 Å². The lowest BCUT2D eigenvalue weighted by Crippen LogP contribution is -2.46. The molecule has 150 valence electrons. The number of carbonyl (C=O) groups is 2. The lowest BCUT2D eigenvalue weighted by molar-refractivity contribution is -0.144. The summed E-state index contributed by atoms with van der Waals surface area (Å²) in [6.45, 7) is 1.85. The van der Waals surface area contributed by atoms with Crippen molar-refractivity contribution in [3.05, 3.63) is 0 Å². The second-order valence-corrected chi connectivity index (χ2v) is 7.79. The van der Waals surface area contributed by atoms with Crippen molar-refractivity contribution in [1.29, 1.82) is 0 Å². The normalized spacial score (nSPS) is 25.2. The SMILES string of the molecule is CCCCC1CCC(C(=O)N2CCC(C(=O)NCC(F)(F)F)CC2)CC1. The molecule has 0 spiro atoms. The van der Waals surface area contributed by atoms with Crippen LogP contribution in [-0.4, -0.2) is 42.5 Å². The summed E-state index contributed by atoms with van der Waals surface area (Å²) in [4.78, 5) is 26.3. The molecule has 0 aromatic rings. The van der Waals surface area contributed by atoms with Gasteiger partial charge in [0.05, 0.1) is 0 Å². The zero-order chi connectivity index (χ0) is 19.2. The van der Waals surface area contributed by atoms with Crippen molar-refractivity contribution in [3.8, 4) is 0 Å². The molecular weight excluding hydrogens is 345 g/mol. The van der Waals surface area contributed by atoms with E-state index in [4.69, 9.17) is 0 Å². The average molecular weight is 376 g/mol. The number of unbranched alkanes of at least 4 members (excludes halogenated alkanes) is 1. The van der Waals surface area contributed by atoms with Crippen molar-refractivity contribution in [2.24, 2.45) is 17.8 Å². The van der Waals surface area contributed by atoms with E-state index in [9.17, 15) is 22.8 Å². The number of alkyl halides is 3. The van der Waals surface area contributed by atoms with Gasteiger partial charge in [-0.05, 0) is 44.4 Å². The van der Waals surface area contributed by atoms with E-state index in [0.29, 0.717) is 25.9 Å². The van der Waals surface area contributed by atoms with Crippen LogP contribution in [0.5, 0.6) is 0 Å². The Bertz CT molecular complexity index is 466. The van der Waals surface area contributed by atoms with E-state index < -0.39 is 24.5 Å². The highest BCUT2D eigenvalue weighted by atomic mass is 19.4. The molecule has 0 atom stereocenters. The van der Waals surface area contributed by atoms with Gasteiger partial charge < -0.3 is 10.2 Å². The maximum absolute atomic E-state index is 12.7. The molecule has 2 amide bonds. The van der Waals surface area contributed by atoms with Gasteiger partial charge in [0.1, 0.15) is 6.54 Å². The third-order valence-corrected chi connectivity index (χ3v) is 5.80. The summed E-state index contributed by atoms with van der Waals surface area (Å²) in [5, 5.41) is 1.95. The van der Waals surface area contributed by atoms with Gasteiger partial charge >= 0.3 is 6.18 Å². The molecule has 1 saturated heterocycles. The van der Waals surface area contributed by atoms with Crippen molar-refractivity contribution in [2.75, 3.05) is 19.6 Å². The Morgan fingerprint density at radius 1 is 1.00 bits per heavy atom. The summed E-state index contributed by atoms with van der Waals surface area (Å²) in [6, 6.07) is 0. The number of carbonyl (C=O) groups excluding carboxylic acids is 2. The molecule has 1 N–H and O–H groups in total. The van der Waals surface area contributed by atoms with Crippen LogP contribution in [0.2, 0.25) is 0 Å². The van der Waals surface area contributed by atoms with Gasteiger partial charge in [-0.3, -0.25) is 9.59 Å². The van der Waals surface area contributed by atoms with Gasteiger partial charge in [0.2, 0.25) is 11.8 Å². The highest BCUT2D eigenvalue weighted by Gasteiger charge is 2.34. The Morgan fingerprint density at radius 2 is 1.62 bits per heavy atom. The van der Waals surface area contributed by atoms with Gasteiger partial charge in [-0.15, -0.1) is 0 Å². The van der Waals surface area contributed by atoms with E-state index in [-0.39, 0.29) is 11.8 Å². The molecular formula is C19H31F3N2O2. The molecule has 0 aromatic carbocycles. The van der Waals surface area contributed by atoms with E-state index in [2.05, 4.69) is 6.92 Å². The standard InChI is InChI=1S/C19H31F3N2O2/c1-2-3-4-14-5-7-16(8-6-14)18(26)24-11-9-15(10-12-24)17(25)23-13-19(20,21)22/h14-16H,2-13H2,1H3,(H,23,25). The van der Waals surface area contributed by atoms with E-state index in [1.807, 2.05) is 10.2 Å². The third kappa shape index (κ3) is 6.47. The van der Waals surface area contributed by atoms with Crippen LogP contribution in [0.4, 0.5) is 13.2 Å². The fraction of sp³-hybridized carbons (Fsp3) is 0.895. The molecule has 7 heteroatoms. The van der Waals surface area contributed by atoms with Crippen molar-refractivity contribution in [1.82, 2.24) is 10.2 Å². The molecule has 2 fully saturated rings. The van der Waals surface area contributed by atoms with Gasteiger partial charge in [-0.2, -0.15) is 13.2 Å². The van der Waals surface area contributed by atoms with Crippen LogP contribution in [0, 0.1) is 17.8 Å². The first-order valence-electron chi connectivity index (χ1n) is 9.93. The monoisotopic (exact) mass is 376 g/mol. The molecule has 0 radical (unpaired) electrons. The van der Waals surface area contributed by atoms with Gasteiger partial charge in [0, 0.05) is 24.9 Å². The molecule has 2 aliphatic rings. The van der Waals surface area contributed by atoms with E-state index in [0.717, 1.165) is 31.6 Å². The fourth-order valence-electron chi connectivity index (χ4n) is 4.14. The zero-order valence-corrected chi connectivity index (χ0v) is 15.6. The number of halogens is 3. The second-order valence-electron chi connectivity index (χ2n) is 7.79. The second kappa shape index (κ2) is 9.60. The molecule has 4 nitrogen and oxygen atoms in total. The first kappa shape index (κ1) is 21.0. The van der Waals surface area contributed by atoms with Gasteiger partial charge in [0.15, 0.2) is 0 Å². The van der Waals surface area contributed by atoms with Crippen molar-refractivity contribution < 1.29 is 22.8 Å². The van der Waals surface area contributed by atoms with Crippen LogP contribution in [0.3, 0.4) is 0 Å². The Kier molecular flexibility index (Phi) is 7.77. The number of hydrogen-bond acceptors (Lipinski definition) is 2. The Labute approximate surface area is 153 Å². The van der Waals surface area contributed by atoms with E-state index >= 15 is 0 Å². The minimum Gasteiger partial charge on any atom is -0.347 e. The highest BCUT2D eigenvalue weighted by Crippen LogP contribution is 2.33. The number of nitrogens with one attached hydrogen (secondary N) is 1. The number of hydrogen-bond donors (Lipinski definition) is 1. The largest absolute Gasteiger partial charge is 0.405 e. The molecule has 0 aromatic heterocycles. The minimum absolute atomic E-state index is 0.0866. The predicted octanol–water partition coefficient (Wildman–Crippen LogP) is 3.90. The minimum atomic E-state index is -4.39. The summed E-state index contributed by atoms with van der Waals surface area (Å²) in [7, 11) is 0. The third-order valence-electron chi connectivity index (χ3n) is 5.80. The molecule has 2 rings (SSSR count). The summed E-state index contributed by atoms with van der Waals surface area (Å²) in [5.74, 6) is 0.0377. The molecule has 1 aliphatic heterocycles. The Morgan fingerprint density at radius 3 is 2.15 bits per heavy atom. The van der Waals surface area contributed by atoms with Crippen LogP contribution in [0.1, 0.15) is 64.7 Å². The number of rotatable bonds is 6. The smallest absolute Gasteiger partial charge is 0.347 e. The quantitative estimate of drug-likeness (QED) is 0.764. The molecule has 26 heavy (non-hydrogen) atoms. The van der Waals surface area contributed by atoms with Crippen LogP contribution in [0.15, 0.2) is 0 Å². The van der Waals surface area contributed by atoms with Crippen molar-refractivity contribution >= 4 is 11.8 Å². The van der Waals surface area contributed by atoms with Crippen LogP contribution < -0.4 is 5.32 Å². The number of nitrogens with zero attached hydrogens (tertiary/aromatic N) is 1. The summed E-state index contributed by atoms with van der Waals surface area (Å²) < 4.78 is 36.6. The Balaban J connectivity index is 1.71.